The Hall–Kier alpha value is -3.15. The van der Waals surface area contributed by atoms with Crippen molar-refractivity contribution >= 4 is 11.9 Å². The van der Waals surface area contributed by atoms with Crippen LogP contribution < -0.4 is 23.7 Å². The van der Waals surface area contributed by atoms with Gasteiger partial charge in [-0.1, -0.05) is 12.1 Å². The van der Waals surface area contributed by atoms with E-state index in [9.17, 15) is 4.79 Å². The van der Waals surface area contributed by atoms with Crippen molar-refractivity contribution in [1.29, 1.82) is 0 Å². The van der Waals surface area contributed by atoms with E-state index in [1.54, 1.807) is 31.4 Å². The van der Waals surface area contributed by atoms with Crippen LogP contribution in [0.5, 0.6) is 28.7 Å². The lowest BCUT2D eigenvalue weighted by molar-refractivity contribution is 0.104. The van der Waals surface area contributed by atoms with Crippen molar-refractivity contribution in [3.63, 3.8) is 0 Å². The number of ether oxygens (including phenoxy) is 5. The van der Waals surface area contributed by atoms with Crippen LogP contribution in [0.3, 0.4) is 0 Å². The lowest BCUT2D eigenvalue weighted by Crippen LogP contribution is -2.00. The lowest BCUT2D eigenvalue weighted by atomic mass is 10.1. The van der Waals surface area contributed by atoms with Crippen molar-refractivity contribution in [2.75, 3.05) is 35.0 Å². The number of hydrogen-bond acceptors (Lipinski definition) is 6. The summed E-state index contributed by atoms with van der Waals surface area (Å²) in [6.07, 6.45) is 3.20. The second-order valence-electron chi connectivity index (χ2n) is 5.45. The van der Waals surface area contributed by atoms with Gasteiger partial charge in [0.25, 0.3) is 0 Å². The van der Waals surface area contributed by atoms with Crippen LogP contribution in [0, 0.1) is 0 Å². The molecule has 0 saturated carbocycles. The SMILES string of the molecule is CCOc1cc(/C=C/C(=O)c2cc(OC)c(OC)c(OC)c2)ccc1OC. The number of carbonyl (C=O) groups is 1. The summed E-state index contributed by atoms with van der Waals surface area (Å²) in [6, 6.07) is 8.71. The van der Waals surface area contributed by atoms with E-state index in [0.717, 1.165) is 5.56 Å². The van der Waals surface area contributed by atoms with E-state index in [4.69, 9.17) is 23.7 Å². The van der Waals surface area contributed by atoms with E-state index >= 15 is 0 Å². The maximum absolute atomic E-state index is 12.6. The Morgan fingerprint density at radius 2 is 1.48 bits per heavy atom. The Kier molecular flexibility index (Phi) is 7.11. The van der Waals surface area contributed by atoms with Crippen molar-refractivity contribution in [2.45, 2.75) is 6.92 Å². The number of carbonyl (C=O) groups excluding carboxylic acids is 1. The fourth-order valence-electron chi connectivity index (χ4n) is 2.56. The average molecular weight is 372 g/mol. The van der Waals surface area contributed by atoms with Gasteiger partial charge in [-0.3, -0.25) is 4.79 Å². The zero-order chi connectivity index (χ0) is 19.8. The molecule has 0 aromatic heterocycles. The fraction of sp³-hybridized carbons (Fsp3) is 0.286. The maximum Gasteiger partial charge on any atom is 0.203 e. The highest BCUT2D eigenvalue weighted by Crippen LogP contribution is 2.38. The molecule has 0 amide bonds. The molecular formula is C21H24O6. The third kappa shape index (κ3) is 4.73. The molecule has 0 aliphatic heterocycles. The summed E-state index contributed by atoms with van der Waals surface area (Å²) >= 11 is 0. The summed E-state index contributed by atoms with van der Waals surface area (Å²) in [5.74, 6) is 2.38. The van der Waals surface area contributed by atoms with Crippen molar-refractivity contribution in [3.8, 4) is 28.7 Å². The Morgan fingerprint density at radius 1 is 0.852 bits per heavy atom. The van der Waals surface area contributed by atoms with Crippen molar-refractivity contribution in [2.24, 2.45) is 0 Å². The number of rotatable bonds is 9. The summed E-state index contributed by atoms with van der Waals surface area (Å²) in [4.78, 5) is 12.6. The van der Waals surface area contributed by atoms with E-state index in [1.165, 1.54) is 27.4 Å². The van der Waals surface area contributed by atoms with Gasteiger partial charge in [-0.25, -0.2) is 0 Å². The monoisotopic (exact) mass is 372 g/mol. The third-order valence-corrected chi connectivity index (χ3v) is 3.86. The molecule has 6 nitrogen and oxygen atoms in total. The molecule has 0 fully saturated rings. The molecule has 0 bridgehead atoms. The number of methoxy groups -OCH3 is 4. The second-order valence-corrected chi connectivity index (χ2v) is 5.45. The molecule has 0 unspecified atom stereocenters. The van der Waals surface area contributed by atoms with E-state index in [2.05, 4.69) is 0 Å². The van der Waals surface area contributed by atoms with Crippen LogP contribution in [0.15, 0.2) is 36.4 Å². The van der Waals surface area contributed by atoms with Gasteiger partial charge >= 0.3 is 0 Å². The van der Waals surface area contributed by atoms with E-state index in [0.29, 0.717) is 40.9 Å². The van der Waals surface area contributed by atoms with Gasteiger partial charge in [0.05, 0.1) is 35.0 Å². The normalized spacial score (nSPS) is 10.6. The summed E-state index contributed by atoms with van der Waals surface area (Å²) in [7, 11) is 6.12. The molecule has 0 aliphatic rings. The molecule has 0 atom stereocenters. The number of ketones is 1. The molecule has 2 aromatic carbocycles. The number of allylic oxidation sites excluding steroid dienone is 1. The van der Waals surface area contributed by atoms with E-state index < -0.39 is 0 Å². The lowest BCUT2D eigenvalue weighted by Gasteiger charge is -2.13. The first kappa shape index (κ1) is 20.2. The summed E-state index contributed by atoms with van der Waals surface area (Å²) in [5.41, 5.74) is 1.25. The van der Waals surface area contributed by atoms with Crippen LogP contribution in [-0.2, 0) is 0 Å². The Bertz CT molecular complexity index is 800. The average Bonchev–Trinajstić information content (AvgIpc) is 2.71. The molecule has 0 saturated heterocycles. The van der Waals surface area contributed by atoms with Crippen molar-refractivity contribution < 1.29 is 28.5 Å². The molecular weight excluding hydrogens is 348 g/mol. The number of benzene rings is 2. The first-order valence-corrected chi connectivity index (χ1v) is 8.41. The molecule has 2 rings (SSSR count). The zero-order valence-corrected chi connectivity index (χ0v) is 16.2. The molecule has 0 N–H and O–H groups in total. The van der Waals surface area contributed by atoms with E-state index in [1.807, 2.05) is 19.1 Å². The molecule has 0 aliphatic carbocycles. The standard InChI is InChI=1S/C21H24O6/c1-6-27-18-11-14(8-10-17(18)23-2)7-9-16(22)15-12-19(24-3)21(26-5)20(13-15)25-4/h7-13H,6H2,1-5H3/b9-7+. The fourth-order valence-corrected chi connectivity index (χ4v) is 2.56. The predicted molar refractivity (Wildman–Crippen MR) is 104 cm³/mol. The van der Waals surface area contributed by atoms with Gasteiger partial charge in [0, 0.05) is 5.56 Å². The Labute approximate surface area is 159 Å². The topological polar surface area (TPSA) is 63.2 Å². The molecule has 27 heavy (non-hydrogen) atoms. The second kappa shape index (κ2) is 9.52. The van der Waals surface area contributed by atoms with Crippen LogP contribution in [0.4, 0.5) is 0 Å². The van der Waals surface area contributed by atoms with Gasteiger partial charge in [-0.15, -0.1) is 0 Å². The molecule has 0 radical (unpaired) electrons. The molecule has 0 heterocycles. The van der Waals surface area contributed by atoms with Crippen LogP contribution in [0.25, 0.3) is 6.08 Å². The Morgan fingerprint density at radius 3 is 2.00 bits per heavy atom. The molecule has 144 valence electrons. The van der Waals surface area contributed by atoms with Gasteiger partial charge in [0.1, 0.15) is 0 Å². The summed E-state index contributed by atoms with van der Waals surface area (Å²) in [6.45, 7) is 2.42. The molecule has 6 heteroatoms. The molecule has 2 aromatic rings. The van der Waals surface area contributed by atoms with E-state index in [-0.39, 0.29) is 5.78 Å². The van der Waals surface area contributed by atoms with Crippen molar-refractivity contribution in [1.82, 2.24) is 0 Å². The van der Waals surface area contributed by atoms with Crippen LogP contribution in [-0.4, -0.2) is 40.8 Å². The first-order chi connectivity index (χ1) is 13.1. The van der Waals surface area contributed by atoms with Crippen LogP contribution in [0.2, 0.25) is 0 Å². The van der Waals surface area contributed by atoms with Gasteiger partial charge in [-0.2, -0.15) is 0 Å². The minimum Gasteiger partial charge on any atom is -0.493 e. The number of hydrogen-bond donors (Lipinski definition) is 0. The van der Waals surface area contributed by atoms with Gasteiger partial charge in [-0.05, 0) is 42.8 Å². The minimum atomic E-state index is -0.192. The summed E-state index contributed by atoms with van der Waals surface area (Å²) in [5, 5.41) is 0. The van der Waals surface area contributed by atoms with Crippen LogP contribution in [0.1, 0.15) is 22.8 Å². The van der Waals surface area contributed by atoms with Crippen molar-refractivity contribution in [3.05, 3.63) is 47.5 Å². The maximum atomic E-state index is 12.6. The zero-order valence-electron chi connectivity index (χ0n) is 16.2. The largest absolute Gasteiger partial charge is 0.493 e. The smallest absolute Gasteiger partial charge is 0.203 e. The highest BCUT2D eigenvalue weighted by Gasteiger charge is 2.15. The van der Waals surface area contributed by atoms with Crippen LogP contribution >= 0.6 is 0 Å². The predicted octanol–water partition coefficient (Wildman–Crippen LogP) is 4.02. The highest BCUT2D eigenvalue weighted by atomic mass is 16.5. The van der Waals surface area contributed by atoms with Gasteiger partial charge in [0.15, 0.2) is 28.8 Å². The van der Waals surface area contributed by atoms with Gasteiger partial charge in [0.2, 0.25) is 5.75 Å². The molecule has 0 spiro atoms. The van der Waals surface area contributed by atoms with Gasteiger partial charge < -0.3 is 23.7 Å². The minimum absolute atomic E-state index is 0.192. The first-order valence-electron chi connectivity index (χ1n) is 8.41. The third-order valence-electron chi connectivity index (χ3n) is 3.86. The quantitative estimate of drug-likeness (QED) is 0.489. The summed E-state index contributed by atoms with van der Waals surface area (Å²) < 4.78 is 26.7. The highest BCUT2D eigenvalue weighted by molar-refractivity contribution is 6.07. The Balaban J connectivity index is 2.30.